The zero-order valence-corrected chi connectivity index (χ0v) is 16.4. The fraction of sp³-hybridized carbons (Fsp3) is 0.300. The molecule has 0 aliphatic heterocycles. The highest BCUT2D eigenvalue weighted by Gasteiger charge is 2.17. The molecule has 6 nitrogen and oxygen atoms in total. The van der Waals surface area contributed by atoms with Gasteiger partial charge >= 0.3 is 0 Å². The minimum Gasteiger partial charge on any atom is -0.497 e. The minimum absolute atomic E-state index is 0.0513. The molecular weight excluding hydrogens is 368 g/mol. The van der Waals surface area contributed by atoms with Crippen LogP contribution in [0.5, 0.6) is 11.5 Å². The van der Waals surface area contributed by atoms with Crippen LogP contribution in [-0.4, -0.2) is 43.5 Å². The lowest BCUT2D eigenvalue weighted by atomic mass is 10.2. The van der Waals surface area contributed by atoms with Crippen LogP contribution < -0.4 is 14.8 Å². The third kappa shape index (κ3) is 6.18. The van der Waals surface area contributed by atoms with Crippen LogP contribution in [0, 0.1) is 6.92 Å². The smallest absolute Gasteiger partial charge is 0.260 e. The summed E-state index contributed by atoms with van der Waals surface area (Å²) in [5.41, 5.74) is 1.48. The van der Waals surface area contributed by atoms with Crippen molar-refractivity contribution in [3.05, 3.63) is 53.1 Å². The van der Waals surface area contributed by atoms with Gasteiger partial charge in [0.25, 0.3) is 5.91 Å². The van der Waals surface area contributed by atoms with Gasteiger partial charge in [-0.15, -0.1) is 0 Å². The van der Waals surface area contributed by atoms with Crippen LogP contribution in [0.15, 0.2) is 42.5 Å². The fourth-order valence-electron chi connectivity index (χ4n) is 2.43. The zero-order chi connectivity index (χ0) is 19.8. The standard InChI is InChI=1S/C20H23ClN2O4/c1-4-23(12-19(24)22-16-6-8-17(26-3)9-7-16)20(25)13-27-18-10-5-15(21)11-14(18)2/h5-11H,4,12-13H2,1-3H3,(H,22,24). The molecule has 2 amide bonds. The summed E-state index contributed by atoms with van der Waals surface area (Å²) in [7, 11) is 1.58. The molecular formula is C20H23ClN2O4. The van der Waals surface area contributed by atoms with Crippen molar-refractivity contribution < 1.29 is 19.1 Å². The Morgan fingerprint density at radius 3 is 2.44 bits per heavy atom. The van der Waals surface area contributed by atoms with E-state index in [2.05, 4.69) is 5.32 Å². The molecule has 0 aromatic heterocycles. The molecule has 0 radical (unpaired) electrons. The van der Waals surface area contributed by atoms with Crippen molar-refractivity contribution in [1.82, 2.24) is 4.90 Å². The Bertz CT molecular complexity index is 793. The van der Waals surface area contributed by atoms with Crippen LogP contribution in [0.3, 0.4) is 0 Å². The highest BCUT2D eigenvalue weighted by Crippen LogP contribution is 2.21. The minimum atomic E-state index is -0.280. The van der Waals surface area contributed by atoms with Gasteiger partial charge in [0, 0.05) is 17.3 Å². The quantitative estimate of drug-likeness (QED) is 0.748. The van der Waals surface area contributed by atoms with E-state index in [0.717, 1.165) is 5.56 Å². The SMILES string of the molecule is CCN(CC(=O)Nc1ccc(OC)cc1)C(=O)COc1ccc(Cl)cc1C. The largest absolute Gasteiger partial charge is 0.497 e. The van der Waals surface area contributed by atoms with E-state index in [1.807, 2.05) is 13.8 Å². The maximum Gasteiger partial charge on any atom is 0.260 e. The van der Waals surface area contributed by atoms with Crippen molar-refractivity contribution in [3.63, 3.8) is 0 Å². The molecule has 7 heteroatoms. The summed E-state index contributed by atoms with van der Waals surface area (Å²) in [6.45, 7) is 3.87. The number of hydrogen-bond donors (Lipinski definition) is 1. The molecule has 0 spiro atoms. The fourth-order valence-corrected chi connectivity index (χ4v) is 2.66. The first kappa shape index (κ1) is 20.6. The first-order valence-electron chi connectivity index (χ1n) is 8.53. The number of carbonyl (C=O) groups excluding carboxylic acids is 2. The lowest BCUT2D eigenvalue weighted by Crippen LogP contribution is -2.40. The van der Waals surface area contributed by atoms with Crippen LogP contribution in [0.2, 0.25) is 5.02 Å². The van der Waals surface area contributed by atoms with E-state index < -0.39 is 0 Å². The second-order valence-corrected chi connectivity index (χ2v) is 6.32. The topological polar surface area (TPSA) is 67.9 Å². The van der Waals surface area contributed by atoms with Crippen molar-refractivity contribution in [1.29, 1.82) is 0 Å². The number of likely N-dealkylation sites (N-methyl/N-ethyl adjacent to an activating group) is 1. The average molecular weight is 391 g/mol. The number of aryl methyl sites for hydroxylation is 1. The van der Waals surface area contributed by atoms with Gasteiger partial charge in [-0.3, -0.25) is 9.59 Å². The summed E-state index contributed by atoms with van der Waals surface area (Å²) in [6, 6.07) is 12.2. The second-order valence-electron chi connectivity index (χ2n) is 5.88. The van der Waals surface area contributed by atoms with Gasteiger partial charge in [-0.1, -0.05) is 11.6 Å². The number of ether oxygens (including phenoxy) is 2. The van der Waals surface area contributed by atoms with E-state index >= 15 is 0 Å². The third-order valence-corrected chi connectivity index (χ3v) is 4.17. The molecule has 0 aliphatic rings. The van der Waals surface area contributed by atoms with Crippen LogP contribution in [0.4, 0.5) is 5.69 Å². The van der Waals surface area contributed by atoms with Crippen LogP contribution in [0.25, 0.3) is 0 Å². The maximum atomic E-state index is 12.4. The van der Waals surface area contributed by atoms with Gasteiger partial charge in [0.15, 0.2) is 6.61 Å². The number of amides is 2. The van der Waals surface area contributed by atoms with Crippen LogP contribution in [-0.2, 0) is 9.59 Å². The summed E-state index contributed by atoms with van der Waals surface area (Å²) in [6.07, 6.45) is 0. The van der Waals surface area contributed by atoms with E-state index in [1.165, 1.54) is 4.90 Å². The molecule has 0 fully saturated rings. The lowest BCUT2D eigenvalue weighted by Gasteiger charge is -2.21. The molecule has 2 aromatic rings. The molecule has 0 heterocycles. The number of carbonyl (C=O) groups is 2. The predicted octanol–water partition coefficient (Wildman–Crippen LogP) is 3.52. The monoisotopic (exact) mass is 390 g/mol. The molecule has 27 heavy (non-hydrogen) atoms. The number of benzene rings is 2. The highest BCUT2D eigenvalue weighted by atomic mass is 35.5. The Morgan fingerprint density at radius 1 is 1.15 bits per heavy atom. The molecule has 0 saturated carbocycles. The van der Waals surface area contributed by atoms with Crippen molar-refractivity contribution in [2.45, 2.75) is 13.8 Å². The first-order valence-corrected chi connectivity index (χ1v) is 8.91. The molecule has 0 saturated heterocycles. The number of halogens is 1. The number of methoxy groups -OCH3 is 1. The van der Waals surface area contributed by atoms with Crippen molar-refractivity contribution >= 4 is 29.1 Å². The predicted molar refractivity (Wildman–Crippen MR) is 106 cm³/mol. The number of nitrogens with zero attached hydrogens (tertiary/aromatic N) is 1. The molecule has 144 valence electrons. The maximum absolute atomic E-state index is 12.4. The summed E-state index contributed by atoms with van der Waals surface area (Å²) < 4.78 is 10.6. The molecule has 2 rings (SSSR count). The molecule has 1 N–H and O–H groups in total. The van der Waals surface area contributed by atoms with Crippen LogP contribution >= 0.6 is 11.6 Å². The Balaban J connectivity index is 1.88. The Labute approximate surface area is 164 Å². The number of hydrogen-bond acceptors (Lipinski definition) is 4. The van der Waals surface area contributed by atoms with Gasteiger partial charge in [-0.05, 0) is 61.9 Å². The van der Waals surface area contributed by atoms with Gasteiger partial charge in [0.1, 0.15) is 11.5 Å². The highest BCUT2D eigenvalue weighted by molar-refractivity contribution is 6.30. The summed E-state index contributed by atoms with van der Waals surface area (Å²) >= 11 is 5.91. The number of nitrogens with one attached hydrogen (secondary N) is 1. The van der Waals surface area contributed by atoms with Gasteiger partial charge in [-0.2, -0.15) is 0 Å². The molecule has 0 atom stereocenters. The van der Waals surface area contributed by atoms with Crippen molar-refractivity contribution in [2.75, 3.05) is 32.1 Å². The summed E-state index contributed by atoms with van der Waals surface area (Å²) in [4.78, 5) is 26.0. The molecule has 0 bridgehead atoms. The first-order chi connectivity index (χ1) is 12.9. The van der Waals surface area contributed by atoms with Crippen molar-refractivity contribution in [2.24, 2.45) is 0 Å². The van der Waals surface area contributed by atoms with Crippen LogP contribution in [0.1, 0.15) is 12.5 Å². The Morgan fingerprint density at radius 2 is 1.85 bits per heavy atom. The summed E-state index contributed by atoms with van der Waals surface area (Å²) in [5.74, 6) is 0.745. The van der Waals surface area contributed by atoms with Gasteiger partial charge in [0.05, 0.1) is 13.7 Å². The van der Waals surface area contributed by atoms with E-state index in [0.29, 0.717) is 28.8 Å². The van der Waals surface area contributed by atoms with E-state index in [-0.39, 0.29) is 25.0 Å². The van der Waals surface area contributed by atoms with E-state index in [4.69, 9.17) is 21.1 Å². The zero-order valence-electron chi connectivity index (χ0n) is 15.6. The van der Waals surface area contributed by atoms with E-state index in [1.54, 1.807) is 49.6 Å². The molecule has 0 unspecified atom stereocenters. The molecule has 2 aromatic carbocycles. The Kier molecular flexibility index (Phi) is 7.49. The normalized spacial score (nSPS) is 10.2. The van der Waals surface area contributed by atoms with Gasteiger partial charge in [-0.25, -0.2) is 0 Å². The average Bonchev–Trinajstić information content (AvgIpc) is 2.65. The third-order valence-electron chi connectivity index (χ3n) is 3.93. The lowest BCUT2D eigenvalue weighted by molar-refractivity contribution is -0.136. The molecule has 0 aliphatic carbocycles. The Hall–Kier alpha value is -2.73. The van der Waals surface area contributed by atoms with Crippen molar-refractivity contribution in [3.8, 4) is 11.5 Å². The number of anilines is 1. The summed E-state index contributed by atoms with van der Waals surface area (Å²) in [5, 5.41) is 3.37. The van der Waals surface area contributed by atoms with E-state index in [9.17, 15) is 9.59 Å². The number of rotatable bonds is 8. The second kappa shape index (κ2) is 9.83. The van der Waals surface area contributed by atoms with Gasteiger partial charge < -0.3 is 19.7 Å². The van der Waals surface area contributed by atoms with Gasteiger partial charge in [0.2, 0.25) is 5.91 Å².